The van der Waals surface area contributed by atoms with E-state index in [0.717, 1.165) is 4.47 Å². The normalized spacial score (nSPS) is 10.6. The molecule has 0 heterocycles. The number of phenolic OH excluding ortho intramolecular Hbond substituents is 1. The van der Waals surface area contributed by atoms with Crippen molar-refractivity contribution in [3.63, 3.8) is 0 Å². The Hall–Kier alpha value is -3.65. The number of hydrogen-bond donors (Lipinski definition) is 2. The van der Waals surface area contributed by atoms with E-state index in [4.69, 9.17) is 9.47 Å². The molecule has 7 nitrogen and oxygen atoms in total. The highest BCUT2D eigenvalue weighted by Gasteiger charge is 2.13. The Bertz CT molecular complexity index is 1110. The maximum absolute atomic E-state index is 12.5. The molecule has 0 unspecified atom stereocenters. The summed E-state index contributed by atoms with van der Waals surface area (Å²) in [5.74, 6) is -0.337. The number of nitrogens with zero attached hydrogens (tertiary/aromatic N) is 1. The Kier molecular flexibility index (Phi) is 7.40. The fraction of sp³-hybridized carbons (Fsp3) is 0.0870. The van der Waals surface area contributed by atoms with E-state index in [0.29, 0.717) is 23.5 Å². The number of halogens is 1. The fourth-order valence-electron chi connectivity index (χ4n) is 2.61. The molecule has 0 fully saturated rings. The lowest BCUT2D eigenvalue weighted by Gasteiger charge is -2.09. The van der Waals surface area contributed by atoms with Gasteiger partial charge in [-0.05, 0) is 61.5 Å². The van der Waals surface area contributed by atoms with Crippen LogP contribution in [0.15, 0.2) is 76.3 Å². The molecule has 0 saturated carbocycles. The first kappa shape index (κ1) is 22.0. The molecule has 158 valence electrons. The summed E-state index contributed by atoms with van der Waals surface area (Å²) < 4.78 is 11.6. The Balaban J connectivity index is 1.72. The zero-order valence-corrected chi connectivity index (χ0v) is 18.1. The lowest BCUT2D eigenvalue weighted by Crippen LogP contribution is -2.17. The van der Waals surface area contributed by atoms with Gasteiger partial charge in [-0.3, -0.25) is 4.79 Å². The minimum atomic E-state index is -0.572. The highest BCUT2D eigenvalue weighted by molar-refractivity contribution is 9.10. The number of para-hydroxylation sites is 1. The maximum atomic E-state index is 12.5. The molecule has 0 aromatic heterocycles. The average Bonchev–Trinajstić information content (AvgIpc) is 2.76. The van der Waals surface area contributed by atoms with Crippen LogP contribution in [0.25, 0.3) is 0 Å². The SMILES string of the molecule is CCOc1ccc(C(=O)Oc2ccc(Br)cc2/C=N\NC(=O)c2ccccc2O)cc1. The van der Waals surface area contributed by atoms with E-state index in [1.807, 2.05) is 6.92 Å². The number of ether oxygens (including phenoxy) is 2. The number of phenols is 1. The van der Waals surface area contributed by atoms with Crippen molar-refractivity contribution in [1.29, 1.82) is 0 Å². The van der Waals surface area contributed by atoms with Crippen LogP contribution in [0.5, 0.6) is 17.2 Å². The third-order valence-corrected chi connectivity index (χ3v) is 4.59. The van der Waals surface area contributed by atoms with E-state index >= 15 is 0 Å². The summed E-state index contributed by atoms with van der Waals surface area (Å²) in [5.41, 5.74) is 3.26. The van der Waals surface area contributed by atoms with E-state index in [9.17, 15) is 14.7 Å². The molecular formula is C23H19BrN2O5. The van der Waals surface area contributed by atoms with Crippen molar-refractivity contribution >= 4 is 34.0 Å². The van der Waals surface area contributed by atoms with Gasteiger partial charge >= 0.3 is 5.97 Å². The Labute approximate surface area is 187 Å². The summed E-state index contributed by atoms with van der Waals surface area (Å²) >= 11 is 3.36. The zero-order valence-electron chi connectivity index (χ0n) is 16.5. The molecule has 0 atom stereocenters. The molecule has 31 heavy (non-hydrogen) atoms. The van der Waals surface area contributed by atoms with Crippen molar-refractivity contribution in [2.45, 2.75) is 6.92 Å². The summed E-state index contributed by atoms with van der Waals surface area (Å²) in [4.78, 5) is 24.7. The predicted molar refractivity (Wildman–Crippen MR) is 120 cm³/mol. The van der Waals surface area contributed by atoms with Crippen molar-refractivity contribution in [1.82, 2.24) is 5.43 Å². The molecule has 0 aliphatic heterocycles. The van der Waals surface area contributed by atoms with Crippen LogP contribution in [-0.4, -0.2) is 29.8 Å². The molecule has 1 amide bonds. The summed E-state index contributed by atoms with van der Waals surface area (Å²) in [6, 6.07) is 17.8. The van der Waals surface area contributed by atoms with E-state index in [1.54, 1.807) is 54.6 Å². The van der Waals surface area contributed by atoms with Gasteiger partial charge in [0.1, 0.15) is 17.2 Å². The number of carbonyl (C=O) groups excluding carboxylic acids is 2. The van der Waals surface area contributed by atoms with Gasteiger partial charge in [-0.1, -0.05) is 28.1 Å². The standard InChI is InChI=1S/C23H19BrN2O5/c1-2-30-18-10-7-15(8-11-18)23(29)31-21-12-9-17(24)13-16(21)14-25-26-22(28)19-5-3-4-6-20(19)27/h3-14,27H,2H2,1H3,(H,26,28)/b25-14-. The van der Waals surface area contributed by atoms with Crippen LogP contribution in [0.1, 0.15) is 33.2 Å². The topological polar surface area (TPSA) is 97.2 Å². The highest BCUT2D eigenvalue weighted by Crippen LogP contribution is 2.23. The van der Waals surface area contributed by atoms with Crippen LogP contribution in [0, 0.1) is 0 Å². The van der Waals surface area contributed by atoms with Crippen molar-refractivity contribution in [3.8, 4) is 17.2 Å². The number of esters is 1. The molecule has 2 N–H and O–H groups in total. The fourth-order valence-corrected chi connectivity index (χ4v) is 2.99. The van der Waals surface area contributed by atoms with Gasteiger partial charge in [0.05, 0.1) is 23.9 Å². The number of benzene rings is 3. The third kappa shape index (κ3) is 5.93. The third-order valence-electron chi connectivity index (χ3n) is 4.09. The molecule has 0 spiro atoms. The smallest absolute Gasteiger partial charge is 0.343 e. The van der Waals surface area contributed by atoms with Crippen molar-refractivity contribution in [2.24, 2.45) is 5.10 Å². The minimum absolute atomic E-state index is 0.0936. The molecule has 3 aromatic rings. The summed E-state index contributed by atoms with van der Waals surface area (Å²) in [6.45, 7) is 2.41. The quantitative estimate of drug-likeness (QED) is 0.223. The van der Waals surface area contributed by atoms with Crippen molar-refractivity contribution in [2.75, 3.05) is 6.61 Å². The number of hydrogen-bond acceptors (Lipinski definition) is 6. The summed E-state index contributed by atoms with van der Waals surface area (Å²) in [7, 11) is 0. The molecule has 0 aliphatic rings. The molecule has 0 aliphatic carbocycles. The maximum Gasteiger partial charge on any atom is 0.343 e. The molecule has 3 rings (SSSR count). The molecule has 0 radical (unpaired) electrons. The molecule has 0 saturated heterocycles. The predicted octanol–water partition coefficient (Wildman–Crippen LogP) is 4.54. The summed E-state index contributed by atoms with van der Waals surface area (Å²) in [5, 5.41) is 13.7. The van der Waals surface area contributed by atoms with Gasteiger partial charge in [0.15, 0.2) is 0 Å². The van der Waals surface area contributed by atoms with Crippen LogP contribution in [-0.2, 0) is 0 Å². The second-order valence-electron chi connectivity index (χ2n) is 6.25. The Morgan fingerprint density at radius 3 is 2.55 bits per heavy atom. The molecule has 3 aromatic carbocycles. The van der Waals surface area contributed by atoms with Crippen LogP contribution in [0.3, 0.4) is 0 Å². The van der Waals surface area contributed by atoms with Crippen LogP contribution >= 0.6 is 15.9 Å². The summed E-state index contributed by atoms with van der Waals surface area (Å²) in [6.07, 6.45) is 1.35. The molecule has 0 bridgehead atoms. The van der Waals surface area contributed by atoms with Gasteiger partial charge in [-0.2, -0.15) is 5.10 Å². The number of rotatable bonds is 7. The first-order valence-electron chi connectivity index (χ1n) is 9.34. The van der Waals surface area contributed by atoms with Gasteiger partial charge < -0.3 is 14.6 Å². The highest BCUT2D eigenvalue weighted by atomic mass is 79.9. The Morgan fingerprint density at radius 2 is 1.84 bits per heavy atom. The van der Waals surface area contributed by atoms with Crippen LogP contribution in [0.4, 0.5) is 0 Å². The lowest BCUT2D eigenvalue weighted by molar-refractivity contribution is 0.0734. The van der Waals surface area contributed by atoms with Gasteiger partial charge in [0, 0.05) is 10.0 Å². The second kappa shape index (κ2) is 10.4. The monoisotopic (exact) mass is 482 g/mol. The van der Waals surface area contributed by atoms with Crippen molar-refractivity contribution < 1.29 is 24.2 Å². The number of nitrogens with one attached hydrogen (secondary N) is 1. The van der Waals surface area contributed by atoms with Gasteiger partial charge in [-0.15, -0.1) is 0 Å². The number of aromatic hydroxyl groups is 1. The number of carbonyl (C=O) groups is 2. The van der Waals surface area contributed by atoms with E-state index < -0.39 is 11.9 Å². The number of amides is 1. The second-order valence-corrected chi connectivity index (χ2v) is 7.16. The van der Waals surface area contributed by atoms with Crippen LogP contribution in [0.2, 0.25) is 0 Å². The largest absolute Gasteiger partial charge is 0.507 e. The van der Waals surface area contributed by atoms with E-state index in [2.05, 4.69) is 26.5 Å². The van der Waals surface area contributed by atoms with E-state index in [1.165, 1.54) is 18.3 Å². The van der Waals surface area contributed by atoms with Crippen molar-refractivity contribution in [3.05, 3.63) is 87.9 Å². The molecule has 8 heteroatoms. The zero-order chi connectivity index (χ0) is 22.2. The average molecular weight is 483 g/mol. The lowest BCUT2D eigenvalue weighted by atomic mass is 10.2. The first-order chi connectivity index (χ1) is 15.0. The van der Waals surface area contributed by atoms with E-state index in [-0.39, 0.29) is 17.1 Å². The van der Waals surface area contributed by atoms with Gasteiger partial charge in [0.2, 0.25) is 0 Å². The Morgan fingerprint density at radius 1 is 1.10 bits per heavy atom. The first-order valence-corrected chi connectivity index (χ1v) is 10.1. The molecular weight excluding hydrogens is 464 g/mol. The van der Waals surface area contributed by atoms with Gasteiger partial charge in [-0.25, -0.2) is 10.2 Å². The minimum Gasteiger partial charge on any atom is -0.507 e. The number of hydrazone groups is 1. The van der Waals surface area contributed by atoms with Gasteiger partial charge in [0.25, 0.3) is 5.91 Å². The van der Waals surface area contributed by atoms with Crippen LogP contribution < -0.4 is 14.9 Å².